The summed E-state index contributed by atoms with van der Waals surface area (Å²) in [6.07, 6.45) is 5.82. The van der Waals surface area contributed by atoms with E-state index in [2.05, 4.69) is 79.2 Å². The first-order chi connectivity index (χ1) is 14.7. The molecule has 5 unspecified atom stereocenters. The molecular weight excluding hydrogens is 364 g/mol. The van der Waals surface area contributed by atoms with Gasteiger partial charge in [0.1, 0.15) is 6.17 Å². The Hall–Kier alpha value is -2.48. The highest BCUT2D eigenvalue weighted by atomic mass is 15.4. The molecule has 2 aliphatic heterocycles. The SMILES string of the molecule is CCC1C(C)c2cc3ccccc3cc2N2c3cc4c(cc3N(C)C12)C1CCC4C1. The van der Waals surface area contributed by atoms with E-state index in [1.54, 1.807) is 11.1 Å². The van der Waals surface area contributed by atoms with Crippen LogP contribution >= 0.6 is 0 Å². The molecule has 2 nitrogen and oxygen atoms in total. The van der Waals surface area contributed by atoms with E-state index >= 15 is 0 Å². The first-order valence-electron chi connectivity index (χ1n) is 11.9. The summed E-state index contributed by atoms with van der Waals surface area (Å²) in [5.74, 6) is 2.82. The molecular formula is C28H30N2. The quantitative estimate of drug-likeness (QED) is 0.428. The fraction of sp³-hybridized carbons (Fsp3) is 0.429. The van der Waals surface area contributed by atoms with Crippen LogP contribution in [-0.2, 0) is 0 Å². The molecule has 152 valence electrons. The van der Waals surface area contributed by atoms with Crippen molar-refractivity contribution >= 4 is 27.8 Å². The zero-order chi connectivity index (χ0) is 20.1. The normalized spacial score (nSPS) is 30.4. The Balaban J connectivity index is 1.49. The highest BCUT2D eigenvalue weighted by Crippen LogP contribution is 2.60. The molecule has 0 saturated heterocycles. The second-order valence-electron chi connectivity index (χ2n) is 10.2. The fourth-order valence-electron chi connectivity index (χ4n) is 7.42. The van der Waals surface area contributed by atoms with E-state index in [9.17, 15) is 0 Å². The minimum Gasteiger partial charge on any atom is -0.352 e. The van der Waals surface area contributed by atoms with Crippen LogP contribution in [0.1, 0.15) is 74.0 Å². The lowest BCUT2D eigenvalue weighted by Crippen LogP contribution is -2.49. The molecule has 3 aromatic rings. The van der Waals surface area contributed by atoms with Crippen LogP contribution in [0.15, 0.2) is 48.5 Å². The van der Waals surface area contributed by atoms with Crippen LogP contribution < -0.4 is 9.80 Å². The molecule has 3 aromatic carbocycles. The molecule has 4 aliphatic rings. The molecule has 0 spiro atoms. The largest absolute Gasteiger partial charge is 0.352 e. The predicted molar refractivity (Wildman–Crippen MR) is 126 cm³/mol. The lowest BCUT2D eigenvalue weighted by atomic mass is 9.78. The standard InChI is InChI=1S/C28H30N2/c1-4-21-16(2)22-12-17-7-5-6-8-18(17)13-25(22)30-27-15-24-20-10-9-19(11-20)23(24)14-26(27)29(3)28(21)30/h5-8,12-16,19-21,28H,4,9-11H2,1-3H3. The summed E-state index contributed by atoms with van der Waals surface area (Å²) in [6, 6.07) is 19.0. The first kappa shape index (κ1) is 17.2. The average molecular weight is 395 g/mol. The van der Waals surface area contributed by atoms with Crippen LogP contribution in [0.25, 0.3) is 10.8 Å². The van der Waals surface area contributed by atoms with Crippen LogP contribution in [0.5, 0.6) is 0 Å². The zero-order valence-electron chi connectivity index (χ0n) is 18.2. The number of hydrogen-bond donors (Lipinski definition) is 0. The topological polar surface area (TPSA) is 6.48 Å². The lowest BCUT2D eigenvalue weighted by Gasteiger charge is -2.45. The number of anilines is 3. The molecule has 7 rings (SSSR count). The Morgan fingerprint density at radius 1 is 0.833 bits per heavy atom. The maximum absolute atomic E-state index is 2.71. The van der Waals surface area contributed by atoms with Crippen LogP contribution in [0, 0.1) is 5.92 Å². The van der Waals surface area contributed by atoms with Crippen LogP contribution in [-0.4, -0.2) is 13.2 Å². The minimum atomic E-state index is 0.425. The van der Waals surface area contributed by atoms with Gasteiger partial charge in [0.05, 0.1) is 11.4 Å². The van der Waals surface area contributed by atoms with Crippen molar-refractivity contribution in [2.45, 2.75) is 63.5 Å². The van der Waals surface area contributed by atoms with Gasteiger partial charge in [-0.15, -0.1) is 0 Å². The lowest BCUT2D eigenvalue weighted by molar-refractivity contribution is 0.340. The number of nitrogens with zero attached hydrogens (tertiary/aromatic N) is 2. The Bertz CT molecular complexity index is 1190. The summed E-state index contributed by atoms with van der Waals surface area (Å²) < 4.78 is 0. The van der Waals surface area contributed by atoms with Gasteiger partial charge in [0, 0.05) is 18.7 Å². The maximum atomic E-state index is 2.71. The third kappa shape index (κ3) is 2.00. The van der Waals surface area contributed by atoms with E-state index in [-0.39, 0.29) is 0 Å². The monoisotopic (exact) mass is 394 g/mol. The molecule has 0 N–H and O–H groups in total. The molecule has 1 fully saturated rings. The van der Waals surface area contributed by atoms with Crippen LogP contribution in [0.4, 0.5) is 17.1 Å². The molecule has 0 aromatic heterocycles. The van der Waals surface area contributed by atoms with Crippen molar-refractivity contribution in [1.29, 1.82) is 0 Å². The van der Waals surface area contributed by atoms with Crippen molar-refractivity contribution in [2.24, 2.45) is 5.92 Å². The summed E-state index contributed by atoms with van der Waals surface area (Å²) in [6.45, 7) is 4.83. The van der Waals surface area contributed by atoms with E-state index in [1.165, 1.54) is 59.1 Å². The molecule has 0 amide bonds. The van der Waals surface area contributed by atoms with Crippen LogP contribution in [0.2, 0.25) is 0 Å². The number of benzene rings is 3. The van der Waals surface area contributed by atoms with Crippen molar-refractivity contribution in [1.82, 2.24) is 0 Å². The van der Waals surface area contributed by atoms with Gasteiger partial charge in [-0.3, -0.25) is 0 Å². The fourth-order valence-corrected chi connectivity index (χ4v) is 7.42. The van der Waals surface area contributed by atoms with Gasteiger partial charge in [-0.05, 0) is 95.2 Å². The number of hydrogen-bond acceptors (Lipinski definition) is 2. The summed E-state index contributed by atoms with van der Waals surface area (Å²) in [5.41, 5.74) is 9.20. The maximum Gasteiger partial charge on any atom is 0.110 e. The minimum absolute atomic E-state index is 0.425. The van der Waals surface area contributed by atoms with E-state index < -0.39 is 0 Å². The molecule has 1 saturated carbocycles. The summed E-state index contributed by atoms with van der Waals surface area (Å²) in [7, 11) is 2.34. The van der Waals surface area contributed by atoms with E-state index in [0.717, 1.165) is 11.8 Å². The molecule has 30 heavy (non-hydrogen) atoms. The van der Waals surface area contributed by atoms with Gasteiger partial charge in [-0.1, -0.05) is 38.1 Å². The third-order valence-electron chi connectivity index (χ3n) is 8.94. The van der Waals surface area contributed by atoms with E-state index in [4.69, 9.17) is 0 Å². The Morgan fingerprint density at radius 2 is 1.50 bits per heavy atom. The van der Waals surface area contributed by atoms with Gasteiger partial charge in [0.25, 0.3) is 0 Å². The summed E-state index contributed by atoms with van der Waals surface area (Å²) in [4.78, 5) is 5.31. The van der Waals surface area contributed by atoms with E-state index in [1.807, 2.05) is 0 Å². The van der Waals surface area contributed by atoms with E-state index in [0.29, 0.717) is 18.0 Å². The summed E-state index contributed by atoms with van der Waals surface area (Å²) in [5, 5.41) is 2.73. The van der Waals surface area contributed by atoms with Gasteiger partial charge < -0.3 is 9.80 Å². The van der Waals surface area contributed by atoms with Crippen molar-refractivity contribution in [3.63, 3.8) is 0 Å². The molecule has 2 heteroatoms. The number of rotatable bonds is 1. The average Bonchev–Trinajstić information content (AvgIpc) is 3.46. The number of fused-ring (bicyclic) bond motifs is 11. The van der Waals surface area contributed by atoms with Crippen molar-refractivity contribution in [3.05, 3.63) is 65.2 Å². The zero-order valence-corrected chi connectivity index (χ0v) is 18.2. The van der Waals surface area contributed by atoms with Gasteiger partial charge in [-0.25, -0.2) is 0 Å². The van der Waals surface area contributed by atoms with Gasteiger partial charge in [0.15, 0.2) is 0 Å². The second-order valence-corrected chi connectivity index (χ2v) is 10.2. The van der Waals surface area contributed by atoms with Crippen molar-refractivity contribution < 1.29 is 0 Å². The third-order valence-corrected chi connectivity index (χ3v) is 8.94. The highest BCUT2D eigenvalue weighted by molar-refractivity contribution is 5.93. The smallest absolute Gasteiger partial charge is 0.110 e. The highest BCUT2D eigenvalue weighted by Gasteiger charge is 2.48. The predicted octanol–water partition coefficient (Wildman–Crippen LogP) is 7.26. The van der Waals surface area contributed by atoms with Gasteiger partial charge in [-0.2, -0.15) is 0 Å². The molecule has 2 aliphatic carbocycles. The van der Waals surface area contributed by atoms with Gasteiger partial charge >= 0.3 is 0 Å². The Labute approximate surface area is 179 Å². The Morgan fingerprint density at radius 3 is 2.20 bits per heavy atom. The van der Waals surface area contributed by atoms with Crippen LogP contribution in [0.3, 0.4) is 0 Å². The Kier molecular flexibility index (Phi) is 3.34. The molecule has 2 heterocycles. The molecule has 2 bridgehead atoms. The first-order valence-corrected chi connectivity index (χ1v) is 11.9. The van der Waals surface area contributed by atoms with Gasteiger partial charge in [0.2, 0.25) is 0 Å². The van der Waals surface area contributed by atoms with Crippen molar-refractivity contribution in [2.75, 3.05) is 16.8 Å². The molecule has 0 radical (unpaired) electrons. The molecule has 5 atom stereocenters. The second kappa shape index (κ2) is 5.81. The summed E-state index contributed by atoms with van der Waals surface area (Å²) >= 11 is 0. The van der Waals surface area contributed by atoms with Crippen molar-refractivity contribution in [3.8, 4) is 0 Å².